The van der Waals surface area contributed by atoms with Gasteiger partial charge >= 0.3 is 5.00 Å². The van der Waals surface area contributed by atoms with Crippen LogP contribution in [-0.2, 0) is 6.54 Å². The number of pyridine rings is 1. The van der Waals surface area contributed by atoms with E-state index < -0.39 is 27.7 Å². The molecule has 0 aliphatic rings. The van der Waals surface area contributed by atoms with Crippen LogP contribution in [0.15, 0.2) is 35.3 Å². The third kappa shape index (κ3) is 3.51. The zero-order valence-electron chi connectivity index (χ0n) is 14.3. The summed E-state index contributed by atoms with van der Waals surface area (Å²) in [6.45, 7) is 2.38. The number of nitrogens with one attached hydrogen (secondary N) is 1. The number of anilines is 1. The molecule has 27 heavy (non-hydrogen) atoms. The number of rotatable bonds is 6. The number of nitrogens with zero attached hydrogens (tertiary/aromatic N) is 3. The summed E-state index contributed by atoms with van der Waals surface area (Å²) < 4.78 is 1.46. The number of hydrogen-bond donors (Lipinski definition) is 2. The molecular formula is C17H16N4O5S. The number of carbonyl (C=O) groups is 1. The van der Waals surface area contributed by atoms with Crippen molar-refractivity contribution in [2.75, 3.05) is 5.32 Å². The molecule has 2 N–H and O–H groups in total. The largest absolute Gasteiger partial charge is 0.506 e. The van der Waals surface area contributed by atoms with E-state index in [1.807, 2.05) is 6.92 Å². The second kappa shape index (κ2) is 7.54. The van der Waals surface area contributed by atoms with Crippen molar-refractivity contribution in [1.82, 2.24) is 9.55 Å². The number of carbonyl (C=O) groups excluding carboxylic acids is 1. The molecular weight excluding hydrogens is 372 g/mol. The first-order valence-electron chi connectivity index (χ1n) is 8.20. The summed E-state index contributed by atoms with van der Waals surface area (Å²) in [5.41, 5.74) is -0.499. The minimum Gasteiger partial charge on any atom is -0.506 e. The highest BCUT2D eigenvalue weighted by molar-refractivity contribution is 7.18. The molecule has 0 atom stereocenters. The predicted octanol–water partition coefficient (Wildman–Crippen LogP) is 3.12. The van der Waals surface area contributed by atoms with Crippen LogP contribution >= 0.6 is 11.3 Å². The summed E-state index contributed by atoms with van der Waals surface area (Å²) in [5, 5.41) is 23.7. The smallest absolute Gasteiger partial charge is 0.345 e. The van der Waals surface area contributed by atoms with Crippen LogP contribution in [0, 0.1) is 10.1 Å². The van der Waals surface area contributed by atoms with E-state index >= 15 is 0 Å². The quantitative estimate of drug-likeness (QED) is 0.493. The van der Waals surface area contributed by atoms with E-state index in [1.54, 1.807) is 24.3 Å². The summed E-state index contributed by atoms with van der Waals surface area (Å²) >= 11 is 0.665. The molecule has 0 unspecified atom stereocenters. The van der Waals surface area contributed by atoms with Gasteiger partial charge in [-0.05, 0) is 29.9 Å². The van der Waals surface area contributed by atoms with E-state index in [0.29, 0.717) is 28.8 Å². The molecule has 0 radical (unpaired) electrons. The van der Waals surface area contributed by atoms with Crippen molar-refractivity contribution in [2.45, 2.75) is 26.3 Å². The number of para-hydroxylation sites is 1. The number of unbranched alkanes of at least 4 members (excludes halogenated alkanes) is 1. The molecule has 1 aromatic carbocycles. The molecule has 10 heteroatoms. The Morgan fingerprint density at radius 2 is 2.15 bits per heavy atom. The molecule has 0 bridgehead atoms. The van der Waals surface area contributed by atoms with E-state index in [9.17, 15) is 24.8 Å². The van der Waals surface area contributed by atoms with Gasteiger partial charge in [0.25, 0.3) is 11.5 Å². The average molecular weight is 388 g/mol. The number of hydrogen-bond acceptors (Lipinski definition) is 7. The Bertz CT molecular complexity index is 1090. The Hall–Kier alpha value is -3.27. The lowest BCUT2D eigenvalue weighted by Crippen LogP contribution is -2.29. The van der Waals surface area contributed by atoms with Gasteiger partial charge in [-0.25, -0.2) is 4.98 Å². The van der Waals surface area contributed by atoms with Gasteiger partial charge in [0.05, 0.1) is 10.4 Å². The van der Waals surface area contributed by atoms with E-state index in [0.717, 1.165) is 19.0 Å². The van der Waals surface area contributed by atoms with Gasteiger partial charge in [0.1, 0.15) is 17.5 Å². The molecule has 3 aromatic rings. The molecule has 1 amide bonds. The lowest BCUT2D eigenvalue weighted by molar-refractivity contribution is -0.380. The molecule has 3 rings (SSSR count). The lowest BCUT2D eigenvalue weighted by Gasteiger charge is -2.14. The molecule has 0 saturated carbocycles. The first-order valence-corrected chi connectivity index (χ1v) is 9.01. The summed E-state index contributed by atoms with van der Waals surface area (Å²) in [6, 6.07) is 6.77. The first kappa shape index (κ1) is 18.5. The number of aryl methyl sites for hydroxylation is 1. The van der Waals surface area contributed by atoms with Gasteiger partial charge in [-0.2, -0.15) is 0 Å². The number of nitro groups is 1. The van der Waals surface area contributed by atoms with Crippen molar-refractivity contribution < 1.29 is 14.8 Å². The van der Waals surface area contributed by atoms with Crippen LogP contribution in [0.5, 0.6) is 5.75 Å². The van der Waals surface area contributed by atoms with Gasteiger partial charge in [0.15, 0.2) is 5.13 Å². The minimum absolute atomic E-state index is 0.0289. The highest BCUT2D eigenvalue weighted by atomic mass is 32.1. The highest BCUT2D eigenvalue weighted by Gasteiger charge is 2.23. The standard InChI is InChI=1S/C17H16N4O5S/c1-2-3-8-20-11-7-5-4-6-10(11)14(22)13(16(20)24)15(23)19-17-18-9-12(27-17)21(25)26/h4-7,9,22H,2-3,8H2,1H3,(H,18,19,23). The Kier molecular flexibility index (Phi) is 5.17. The number of thiazole rings is 1. The van der Waals surface area contributed by atoms with E-state index in [4.69, 9.17) is 0 Å². The third-order valence-corrected chi connectivity index (χ3v) is 4.87. The van der Waals surface area contributed by atoms with Crippen LogP contribution in [0.2, 0.25) is 0 Å². The second-order valence-electron chi connectivity index (χ2n) is 5.77. The topological polar surface area (TPSA) is 127 Å². The van der Waals surface area contributed by atoms with Crippen molar-refractivity contribution in [1.29, 1.82) is 0 Å². The highest BCUT2D eigenvalue weighted by Crippen LogP contribution is 2.29. The van der Waals surface area contributed by atoms with Crippen molar-refractivity contribution in [3.8, 4) is 5.75 Å². The molecule has 0 fully saturated rings. The van der Waals surface area contributed by atoms with Crippen LogP contribution in [0.3, 0.4) is 0 Å². The van der Waals surface area contributed by atoms with Crippen LogP contribution in [0.4, 0.5) is 10.1 Å². The van der Waals surface area contributed by atoms with Crippen LogP contribution in [0.25, 0.3) is 10.9 Å². The SMILES string of the molecule is CCCCn1c(=O)c(C(=O)Nc2ncc([N+](=O)[O-])s2)c(O)c2ccccc21. The van der Waals surface area contributed by atoms with Crippen molar-refractivity contribution >= 4 is 38.3 Å². The maximum atomic E-state index is 12.9. The normalized spacial score (nSPS) is 10.9. The summed E-state index contributed by atoms with van der Waals surface area (Å²) in [7, 11) is 0. The zero-order valence-corrected chi connectivity index (χ0v) is 15.2. The van der Waals surface area contributed by atoms with Crippen LogP contribution < -0.4 is 10.9 Å². The van der Waals surface area contributed by atoms with Crippen molar-refractivity contribution in [2.24, 2.45) is 0 Å². The van der Waals surface area contributed by atoms with Gasteiger partial charge < -0.3 is 9.67 Å². The third-order valence-electron chi connectivity index (χ3n) is 4.00. The number of amides is 1. The van der Waals surface area contributed by atoms with E-state index in [-0.39, 0.29) is 10.1 Å². The Labute approximate surface area is 157 Å². The summed E-state index contributed by atoms with van der Waals surface area (Å²) in [5.74, 6) is -1.29. The number of benzene rings is 1. The maximum Gasteiger partial charge on any atom is 0.345 e. The first-order chi connectivity index (χ1) is 12.9. The molecule has 2 heterocycles. The zero-order chi connectivity index (χ0) is 19.6. The summed E-state index contributed by atoms with van der Waals surface area (Å²) in [4.78, 5) is 39.4. The van der Waals surface area contributed by atoms with Crippen LogP contribution in [0.1, 0.15) is 30.1 Å². The molecule has 0 spiro atoms. The van der Waals surface area contributed by atoms with Crippen molar-refractivity contribution in [3.63, 3.8) is 0 Å². The molecule has 9 nitrogen and oxygen atoms in total. The van der Waals surface area contributed by atoms with Gasteiger partial charge in [-0.1, -0.05) is 25.5 Å². The summed E-state index contributed by atoms with van der Waals surface area (Å²) in [6.07, 6.45) is 2.60. The Morgan fingerprint density at radius 1 is 1.41 bits per heavy atom. The fraction of sp³-hybridized carbons (Fsp3) is 0.235. The van der Waals surface area contributed by atoms with Crippen molar-refractivity contribution in [3.05, 3.63) is 56.5 Å². The predicted molar refractivity (Wildman–Crippen MR) is 102 cm³/mol. The van der Waals surface area contributed by atoms with Gasteiger partial charge in [0, 0.05) is 11.9 Å². The Balaban J connectivity index is 2.08. The number of fused-ring (bicyclic) bond motifs is 1. The second-order valence-corrected chi connectivity index (χ2v) is 6.78. The molecule has 0 aliphatic heterocycles. The monoisotopic (exact) mass is 388 g/mol. The van der Waals surface area contributed by atoms with E-state index in [2.05, 4.69) is 10.3 Å². The number of aromatic nitrogens is 2. The molecule has 140 valence electrons. The van der Waals surface area contributed by atoms with Crippen LogP contribution in [-0.4, -0.2) is 25.5 Å². The van der Waals surface area contributed by atoms with Gasteiger partial charge in [-0.15, -0.1) is 0 Å². The fourth-order valence-corrected chi connectivity index (χ4v) is 3.33. The maximum absolute atomic E-state index is 12.9. The van der Waals surface area contributed by atoms with Gasteiger partial charge in [-0.3, -0.25) is 25.0 Å². The average Bonchev–Trinajstić information content (AvgIpc) is 3.10. The number of aromatic hydroxyl groups is 1. The van der Waals surface area contributed by atoms with E-state index in [1.165, 1.54) is 4.57 Å². The lowest BCUT2D eigenvalue weighted by atomic mass is 10.1. The molecule has 0 saturated heterocycles. The van der Waals surface area contributed by atoms with Gasteiger partial charge in [0.2, 0.25) is 0 Å². The molecule has 2 aromatic heterocycles. The Morgan fingerprint density at radius 3 is 2.81 bits per heavy atom. The molecule has 0 aliphatic carbocycles. The fourth-order valence-electron chi connectivity index (χ4n) is 2.70. The minimum atomic E-state index is -0.863.